The summed E-state index contributed by atoms with van der Waals surface area (Å²) in [5, 5.41) is 0. The molecule has 0 heteroatoms. The normalized spacial score (nSPS) is 20.0. The van der Waals surface area contributed by atoms with Crippen LogP contribution < -0.4 is 0 Å². The fourth-order valence-electron chi connectivity index (χ4n) is 3.11. The Hall–Kier alpha value is 0. The number of hydrogen-bond acceptors (Lipinski definition) is 0. The standard InChI is InChI=1S/C15H32/c1-8-12(5)10-14(7)15(11(3)4)13(6)9-2/h11-15H,8-10H2,1-7H3. The molecule has 0 aliphatic carbocycles. The molecule has 92 valence electrons. The lowest BCUT2D eigenvalue weighted by Crippen LogP contribution is -2.26. The van der Waals surface area contributed by atoms with Crippen LogP contribution in [-0.4, -0.2) is 0 Å². The second kappa shape index (κ2) is 7.30. The molecule has 4 atom stereocenters. The van der Waals surface area contributed by atoms with Crippen molar-refractivity contribution < 1.29 is 0 Å². The zero-order valence-electron chi connectivity index (χ0n) is 12.0. The van der Waals surface area contributed by atoms with Crippen molar-refractivity contribution in [1.29, 1.82) is 0 Å². The topological polar surface area (TPSA) is 0 Å². The summed E-state index contributed by atoms with van der Waals surface area (Å²) in [4.78, 5) is 0. The van der Waals surface area contributed by atoms with Crippen molar-refractivity contribution in [3.8, 4) is 0 Å². The molecule has 0 N–H and O–H groups in total. The smallest absolute Gasteiger partial charge is 0.0340 e. The van der Waals surface area contributed by atoms with E-state index in [9.17, 15) is 0 Å². The number of hydrogen-bond donors (Lipinski definition) is 0. The molecular formula is C15H32. The second-order valence-corrected chi connectivity index (χ2v) is 5.93. The van der Waals surface area contributed by atoms with E-state index in [2.05, 4.69) is 48.5 Å². The molecule has 0 radical (unpaired) electrons. The van der Waals surface area contributed by atoms with Gasteiger partial charge in [0.1, 0.15) is 0 Å². The van der Waals surface area contributed by atoms with Gasteiger partial charge in [-0.1, -0.05) is 61.3 Å². The van der Waals surface area contributed by atoms with Crippen LogP contribution in [0.5, 0.6) is 0 Å². The van der Waals surface area contributed by atoms with Gasteiger partial charge in [0.25, 0.3) is 0 Å². The van der Waals surface area contributed by atoms with E-state index in [4.69, 9.17) is 0 Å². The molecule has 0 saturated heterocycles. The zero-order valence-corrected chi connectivity index (χ0v) is 12.0. The molecule has 0 aliphatic heterocycles. The quantitative estimate of drug-likeness (QED) is 0.531. The first-order valence-corrected chi connectivity index (χ1v) is 6.93. The van der Waals surface area contributed by atoms with E-state index < -0.39 is 0 Å². The Morgan fingerprint density at radius 2 is 1.27 bits per heavy atom. The summed E-state index contributed by atoms with van der Waals surface area (Å²) >= 11 is 0. The lowest BCUT2D eigenvalue weighted by atomic mass is 9.72. The van der Waals surface area contributed by atoms with Gasteiger partial charge in [-0.05, 0) is 36.0 Å². The lowest BCUT2D eigenvalue weighted by molar-refractivity contribution is 0.159. The summed E-state index contributed by atoms with van der Waals surface area (Å²) < 4.78 is 0. The van der Waals surface area contributed by atoms with E-state index in [1.54, 1.807) is 0 Å². The van der Waals surface area contributed by atoms with Gasteiger partial charge >= 0.3 is 0 Å². The first-order valence-electron chi connectivity index (χ1n) is 6.93. The van der Waals surface area contributed by atoms with Crippen molar-refractivity contribution in [3.05, 3.63) is 0 Å². The largest absolute Gasteiger partial charge is 0.0651 e. The Morgan fingerprint density at radius 3 is 1.60 bits per heavy atom. The van der Waals surface area contributed by atoms with Crippen LogP contribution >= 0.6 is 0 Å². The average molecular weight is 212 g/mol. The van der Waals surface area contributed by atoms with Crippen molar-refractivity contribution in [3.63, 3.8) is 0 Å². The maximum absolute atomic E-state index is 2.46. The van der Waals surface area contributed by atoms with E-state index in [-0.39, 0.29) is 0 Å². The summed E-state index contributed by atoms with van der Waals surface area (Å²) in [6.45, 7) is 16.7. The van der Waals surface area contributed by atoms with Crippen molar-refractivity contribution >= 4 is 0 Å². The van der Waals surface area contributed by atoms with Crippen LogP contribution in [0.3, 0.4) is 0 Å². The fraction of sp³-hybridized carbons (Fsp3) is 1.00. The van der Waals surface area contributed by atoms with Gasteiger partial charge in [0.05, 0.1) is 0 Å². The van der Waals surface area contributed by atoms with Crippen molar-refractivity contribution in [2.24, 2.45) is 29.6 Å². The Morgan fingerprint density at radius 1 is 0.733 bits per heavy atom. The molecule has 0 saturated carbocycles. The summed E-state index contributed by atoms with van der Waals surface area (Å²) in [6.07, 6.45) is 4.06. The van der Waals surface area contributed by atoms with E-state index in [1.165, 1.54) is 19.3 Å². The Labute approximate surface area is 97.8 Å². The van der Waals surface area contributed by atoms with Gasteiger partial charge in [-0.2, -0.15) is 0 Å². The van der Waals surface area contributed by atoms with Gasteiger partial charge in [-0.3, -0.25) is 0 Å². The third-order valence-corrected chi connectivity index (χ3v) is 4.20. The molecule has 0 aromatic carbocycles. The van der Waals surface area contributed by atoms with Crippen LogP contribution in [0.1, 0.15) is 67.7 Å². The van der Waals surface area contributed by atoms with Gasteiger partial charge in [0.2, 0.25) is 0 Å². The van der Waals surface area contributed by atoms with Gasteiger partial charge in [-0.25, -0.2) is 0 Å². The molecule has 15 heavy (non-hydrogen) atoms. The molecule has 0 aromatic heterocycles. The third kappa shape index (κ3) is 5.04. The molecule has 0 aromatic rings. The minimum absolute atomic E-state index is 0.832. The predicted molar refractivity (Wildman–Crippen MR) is 71.0 cm³/mol. The minimum Gasteiger partial charge on any atom is -0.0651 e. The van der Waals surface area contributed by atoms with Gasteiger partial charge in [-0.15, -0.1) is 0 Å². The van der Waals surface area contributed by atoms with E-state index in [0.717, 1.165) is 29.6 Å². The van der Waals surface area contributed by atoms with Crippen LogP contribution in [0.4, 0.5) is 0 Å². The molecule has 0 nitrogen and oxygen atoms in total. The van der Waals surface area contributed by atoms with Crippen LogP contribution in [0.25, 0.3) is 0 Å². The highest BCUT2D eigenvalue weighted by Crippen LogP contribution is 2.34. The molecule has 0 heterocycles. The van der Waals surface area contributed by atoms with Crippen molar-refractivity contribution in [2.75, 3.05) is 0 Å². The van der Waals surface area contributed by atoms with Crippen LogP contribution in [0.2, 0.25) is 0 Å². The van der Waals surface area contributed by atoms with Crippen LogP contribution in [-0.2, 0) is 0 Å². The number of rotatable bonds is 7. The maximum Gasteiger partial charge on any atom is -0.0340 e. The second-order valence-electron chi connectivity index (χ2n) is 5.93. The van der Waals surface area contributed by atoms with Crippen molar-refractivity contribution in [1.82, 2.24) is 0 Å². The van der Waals surface area contributed by atoms with Gasteiger partial charge in [0, 0.05) is 0 Å². The fourth-order valence-corrected chi connectivity index (χ4v) is 3.11. The Bertz CT molecular complexity index is 148. The molecule has 4 unspecified atom stereocenters. The van der Waals surface area contributed by atoms with Gasteiger partial charge < -0.3 is 0 Å². The van der Waals surface area contributed by atoms with Gasteiger partial charge in [0.15, 0.2) is 0 Å². The molecular weight excluding hydrogens is 180 g/mol. The third-order valence-electron chi connectivity index (χ3n) is 4.20. The highest BCUT2D eigenvalue weighted by molar-refractivity contribution is 4.75. The monoisotopic (exact) mass is 212 g/mol. The Balaban J connectivity index is 4.35. The van der Waals surface area contributed by atoms with E-state index >= 15 is 0 Å². The SMILES string of the molecule is CCC(C)CC(C)C(C(C)C)C(C)CC. The summed E-state index contributed by atoms with van der Waals surface area (Å²) in [5.41, 5.74) is 0. The molecule has 0 fully saturated rings. The summed E-state index contributed by atoms with van der Waals surface area (Å²) in [7, 11) is 0. The van der Waals surface area contributed by atoms with E-state index in [1.807, 2.05) is 0 Å². The molecule has 0 aliphatic rings. The molecule has 0 spiro atoms. The van der Waals surface area contributed by atoms with E-state index in [0.29, 0.717) is 0 Å². The Kier molecular flexibility index (Phi) is 7.30. The summed E-state index contributed by atoms with van der Waals surface area (Å²) in [5.74, 6) is 4.40. The molecule has 0 rings (SSSR count). The maximum atomic E-state index is 2.46. The molecule has 0 bridgehead atoms. The highest BCUT2D eigenvalue weighted by Gasteiger charge is 2.26. The van der Waals surface area contributed by atoms with Crippen LogP contribution in [0.15, 0.2) is 0 Å². The lowest BCUT2D eigenvalue weighted by Gasteiger charge is -2.34. The average Bonchev–Trinajstić information content (AvgIpc) is 2.16. The minimum atomic E-state index is 0.832. The van der Waals surface area contributed by atoms with Crippen LogP contribution in [0, 0.1) is 29.6 Å². The predicted octanol–water partition coefficient (Wildman–Crippen LogP) is 5.38. The highest BCUT2D eigenvalue weighted by atomic mass is 14.3. The first kappa shape index (κ1) is 15.0. The first-order chi connectivity index (χ1) is 6.93. The zero-order chi connectivity index (χ0) is 12.0. The summed E-state index contributed by atoms with van der Waals surface area (Å²) in [6, 6.07) is 0. The molecule has 0 amide bonds. The van der Waals surface area contributed by atoms with Crippen molar-refractivity contribution in [2.45, 2.75) is 67.7 Å².